The zero-order chi connectivity index (χ0) is 24.7. The molecule has 6 nitrogen and oxygen atoms in total. The molecule has 4 aromatic rings. The molecule has 0 saturated heterocycles. The summed E-state index contributed by atoms with van der Waals surface area (Å²) in [4.78, 5) is 25.3. The van der Waals surface area contributed by atoms with E-state index in [4.69, 9.17) is 4.74 Å². The summed E-state index contributed by atoms with van der Waals surface area (Å²) in [5.41, 5.74) is 1.83. The smallest absolute Gasteiger partial charge is 0.343 e. The van der Waals surface area contributed by atoms with E-state index in [0.717, 1.165) is 6.07 Å². The van der Waals surface area contributed by atoms with E-state index in [-0.39, 0.29) is 11.3 Å². The first-order valence-corrected chi connectivity index (χ1v) is 10.7. The van der Waals surface area contributed by atoms with Gasteiger partial charge in [-0.15, -0.1) is 0 Å². The molecule has 0 aliphatic heterocycles. The lowest BCUT2D eigenvalue weighted by molar-refractivity contribution is -0.136. The lowest BCUT2D eigenvalue weighted by atomic mass is 9.85. The van der Waals surface area contributed by atoms with Gasteiger partial charge in [-0.05, 0) is 47.0 Å². The van der Waals surface area contributed by atoms with Crippen molar-refractivity contribution in [3.8, 4) is 5.75 Å². The molecule has 0 unspecified atom stereocenters. The Morgan fingerprint density at radius 2 is 1.46 bits per heavy atom. The van der Waals surface area contributed by atoms with Crippen molar-refractivity contribution >= 4 is 18.1 Å². The van der Waals surface area contributed by atoms with Crippen molar-refractivity contribution in [2.45, 2.75) is 5.60 Å². The van der Waals surface area contributed by atoms with Gasteiger partial charge in [0.1, 0.15) is 11.6 Å². The first-order valence-electron chi connectivity index (χ1n) is 10.7. The SMILES string of the molecule is O=C(Oc1cccc(/C=N\NC(=O)C(O)(c2ccccc2)c2ccccc2)c1)c1cccc(F)c1. The van der Waals surface area contributed by atoms with Gasteiger partial charge in [0.2, 0.25) is 0 Å². The lowest BCUT2D eigenvalue weighted by Crippen LogP contribution is -2.43. The third-order valence-electron chi connectivity index (χ3n) is 5.22. The van der Waals surface area contributed by atoms with Crippen molar-refractivity contribution in [2.24, 2.45) is 5.10 Å². The van der Waals surface area contributed by atoms with Crippen LogP contribution in [0.15, 0.2) is 114 Å². The number of nitrogens with zero attached hydrogens (tertiary/aromatic N) is 1. The predicted molar refractivity (Wildman–Crippen MR) is 129 cm³/mol. The minimum atomic E-state index is -1.96. The number of ether oxygens (including phenoxy) is 1. The molecule has 0 aliphatic rings. The maximum atomic E-state index is 13.4. The average Bonchev–Trinajstić information content (AvgIpc) is 2.89. The summed E-state index contributed by atoms with van der Waals surface area (Å²) in [6.45, 7) is 0. The van der Waals surface area contributed by atoms with Crippen LogP contribution in [0.4, 0.5) is 4.39 Å². The quantitative estimate of drug-likeness (QED) is 0.182. The van der Waals surface area contributed by atoms with Crippen LogP contribution in [0.25, 0.3) is 0 Å². The Labute approximate surface area is 201 Å². The Bertz CT molecular complexity index is 1320. The number of nitrogens with one attached hydrogen (secondary N) is 1. The fourth-order valence-electron chi connectivity index (χ4n) is 3.47. The van der Waals surface area contributed by atoms with Gasteiger partial charge < -0.3 is 9.84 Å². The molecule has 0 saturated carbocycles. The summed E-state index contributed by atoms with van der Waals surface area (Å²) >= 11 is 0. The fourth-order valence-corrected chi connectivity index (χ4v) is 3.47. The number of halogens is 1. The van der Waals surface area contributed by atoms with Crippen molar-refractivity contribution in [1.29, 1.82) is 0 Å². The normalized spacial score (nSPS) is 11.3. The number of hydrogen-bond donors (Lipinski definition) is 2. The van der Waals surface area contributed by atoms with Crippen LogP contribution in [0.1, 0.15) is 27.0 Å². The molecule has 0 bridgehead atoms. The number of aliphatic hydroxyl groups is 1. The van der Waals surface area contributed by atoms with Crippen LogP contribution in [0.3, 0.4) is 0 Å². The summed E-state index contributed by atoms with van der Waals surface area (Å²) in [6, 6.07) is 28.8. The zero-order valence-electron chi connectivity index (χ0n) is 18.5. The van der Waals surface area contributed by atoms with Gasteiger partial charge in [-0.1, -0.05) is 78.9 Å². The van der Waals surface area contributed by atoms with Gasteiger partial charge in [0.25, 0.3) is 5.91 Å². The molecule has 4 aromatic carbocycles. The highest BCUT2D eigenvalue weighted by molar-refractivity contribution is 5.92. The van der Waals surface area contributed by atoms with E-state index in [0.29, 0.717) is 16.7 Å². The van der Waals surface area contributed by atoms with Crippen LogP contribution in [0.2, 0.25) is 0 Å². The molecule has 0 spiro atoms. The monoisotopic (exact) mass is 468 g/mol. The molecule has 0 radical (unpaired) electrons. The summed E-state index contributed by atoms with van der Waals surface area (Å²) in [6.07, 6.45) is 1.35. The third kappa shape index (κ3) is 5.48. The number of carbonyl (C=O) groups is 2. The maximum Gasteiger partial charge on any atom is 0.343 e. The molecule has 174 valence electrons. The average molecular weight is 468 g/mol. The molecule has 0 aromatic heterocycles. The number of hydrazone groups is 1. The van der Waals surface area contributed by atoms with E-state index in [9.17, 15) is 19.1 Å². The molecular formula is C28H21FN2O4. The Kier molecular flexibility index (Phi) is 7.09. The van der Waals surface area contributed by atoms with Crippen LogP contribution < -0.4 is 10.2 Å². The second kappa shape index (κ2) is 10.5. The van der Waals surface area contributed by atoms with Crippen molar-refractivity contribution < 1.29 is 23.8 Å². The molecule has 35 heavy (non-hydrogen) atoms. The molecule has 7 heteroatoms. The summed E-state index contributed by atoms with van der Waals surface area (Å²) in [7, 11) is 0. The van der Waals surface area contributed by atoms with Crippen molar-refractivity contribution in [3.63, 3.8) is 0 Å². The molecule has 1 amide bonds. The van der Waals surface area contributed by atoms with Gasteiger partial charge >= 0.3 is 5.97 Å². The number of hydrogen-bond acceptors (Lipinski definition) is 5. The number of esters is 1. The summed E-state index contributed by atoms with van der Waals surface area (Å²) < 4.78 is 18.7. The van der Waals surface area contributed by atoms with Crippen LogP contribution in [0.5, 0.6) is 5.75 Å². The number of amides is 1. The fraction of sp³-hybridized carbons (Fsp3) is 0.0357. The second-order valence-electron chi connectivity index (χ2n) is 7.61. The third-order valence-corrected chi connectivity index (χ3v) is 5.22. The van der Waals surface area contributed by atoms with E-state index in [1.807, 2.05) is 0 Å². The van der Waals surface area contributed by atoms with Gasteiger partial charge in [-0.2, -0.15) is 5.10 Å². The van der Waals surface area contributed by atoms with Crippen molar-refractivity contribution in [2.75, 3.05) is 0 Å². The van der Waals surface area contributed by atoms with Crippen molar-refractivity contribution in [3.05, 3.63) is 137 Å². The molecule has 0 fully saturated rings. The molecule has 4 rings (SSSR count). The largest absolute Gasteiger partial charge is 0.423 e. The minimum absolute atomic E-state index is 0.0810. The molecule has 0 atom stereocenters. The van der Waals surface area contributed by atoms with Gasteiger partial charge in [0.15, 0.2) is 5.60 Å². The Balaban J connectivity index is 1.49. The number of rotatable bonds is 7. The Morgan fingerprint density at radius 3 is 2.09 bits per heavy atom. The predicted octanol–water partition coefficient (Wildman–Crippen LogP) is 4.43. The summed E-state index contributed by atoms with van der Waals surface area (Å²) in [5, 5.41) is 15.4. The van der Waals surface area contributed by atoms with E-state index in [2.05, 4.69) is 10.5 Å². The van der Waals surface area contributed by atoms with Gasteiger partial charge in [0.05, 0.1) is 11.8 Å². The van der Waals surface area contributed by atoms with Gasteiger partial charge in [-0.25, -0.2) is 14.6 Å². The standard InChI is InChI=1S/C28H21FN2O4/c29-24-15-8-10-21(18-24)26(32)35-25-16-7-9-20(17-25)19-30-31-27(33)28(34,22-11-3-1-4-12-22)23-13-5-2-6-14-23/h1-19,34H,(H,31,33)/b30-19-. The first kappa shape index (κ1) is 23.5. The zero-order valence-corrected chi connectivity index (χ0v) is 18.5. The molecular weight excluding hydrogens is 447 g/mol. The topological polar surface area (TPSA) is 88.0 Å². The van der Waals surface area contributed by atoms with Crippen LogP contribution in [-0.2, 0) is 10.4 Å². The maximum absolute atomic E-state index is 13.4. The van der Waals surface area contributed by atoms with Crippen LogP contribution in [0, 0.1) is 5.82 Å². The highest BCUT2D eigenvalue weighted by atomic mass is 19.1. The van der Waals surface area contributed by atoms with Gasteiger partial charge in [0, 0.05) is 0 Å². The minimum Gasteiger partial charge on any atom is -0.423 e. The molecule has 2 N–H and O–H groups in total. The van der Waals surface area contributed by atoms with Crippen molar-refractivity contribution in [1.82, 2.24) is 5.43 Å². The van der Waals surface area contributed by atoms with Crippen LogP contribution >= 0.6 is 0 Å². The first-order chi connectivity index (χ1) is 17.0. The highest BCUT2D eigenvalue weighted by Gasteiger charge is 2.39. The number of carbonyl (C=O) groups excluding carboxylic acids is 2. The van der Waals surface area contributed by atoms with E-state index >= 15 is 0 Å². The molecule has 0 aliphatic carbocycles. The highest BCUT2D eigenvalue weighted by Crippen LogP contribution is 2.29. The van der Waals surface area contributed by atoms with E-state index in [1.54, 1.807) is 78.9 Å². The number of benzene rings is 4. The Hall–Kier alpha value is -4.62. The summed E-state index contributed by atoms with van der Waals surface area (Å²) in [5.74, 6) is -1.76. The Morgan fingerprint density at radius 1 is 0.829 bits per heavy atom. The van der Waals surface area contributed by atoms with E-state index in [1.165, 1.54) is 30.5 Å². The molecule has 0 heterocycles. The lowest BCUT2D eigenvalue weighted by Gasteiger charge is -2.27. The van der Waals surface area contributed by atoms with E-state index < -0.39 is 23.3 Å². The van der Waals surface area contributed by atoms with Crippen LogP contribution in [-0.4, -0.2) is 23.2 Å². The van der Waals surface area contributed by atoms with Gasteiger partial charge in [-0.3, -0.25) is 4.79 Å². The second-order valence-corrected chi connectivity index (χ2v) is 7.61.